The average molecular weight is 615 g/mol. The summed E-state index contributed by atoms with van der Waals surface area (Å²) in [5.74, 6) is 0. The SMILES string of the molecule is CC(C)(C)c1ccc2c(c1)B1c3cccc4c3N(c3cc(C(C)(C)C)cc(c31)N2c1cccc2ccccc12)C1(C)CCCCC41C. The Morgan fingerprint density at radius 1 is 0.617 bits per heavy atom. The van der Waals surface area contributed by atoms with Gasteiger partial charge in [-0.2, -0.15) is 0 Å². The topological polar surface area (TPSA) is 6.48 Å². The second-order valence-electron chi connectivity index (χ2n) is 17.4. The number of hydrogen-bond donors (Lipinski definition) is 0. The lowest BCUT2D eigenvalue weighted by Crippen LogP contribution is -2.64. The Hall–Kier alpha value is -3.98. The van der Waals surface area contributed by atoms with Crippen LogP contribution in [-0.4, -0.2) is 12.3 Å². The second kappa shape index (κ2) is 9.34. The predicted octanol–water partition coefficient (Wildman–Crippen LogP) is 9.79. The Balaban J connectivity index is 1.45. The van der Waals surface area contributed by atoms with E-state index in [2.05, 4.69) is 156 Å². The van der Waals surface area contributed by atoms with Gasteiger partial charge in [-0.15, -0.1) is 0 Å². The van der Waals surface area contributed by atoms with Gasteiger partial charge in [0.25, 0.3) is 6.71 Å². The molecule has 0 saturated heterocycles. The minimum atomic E-state index is -0.00187. The third kappa shape index (κ3) is 3.75. The van der Waals surface area contributed by atoms with Gasteiger partial charge in [0, 0.05) is 33.6 Å². The number of rotatable bonds is 1. The molecule has 4 aliphatic rings. The monoisotopic (exact) mass is 614 g/mol. The molecule has 2 unspecified atom stereocenters. The van der Waals surface area contributed by atoms with Crippen molar-refractivity contribution in [2.45, 2.75) is 103 Å². The molecule has 47 heavy (non-hydrogen) atoms. The summed E-state index contributed by atoms with van der Waals surface area (Å²) in [5, 5.41) is 2.57. The van der Waals surface area contributed by atoms with Crippen LogP contribution in [0.1, 0.15) is 97.8 Å². The van der Waals surface area contributed by atoms with Crippen LogP contribution in [-0.2, 0) is 16.2 Å². The van der Waals surface area contributed by atoms with Crippen molar-refractivity contribution in [2.24, 2.45) is 0 Å². The smallest absolute Gasteiger partial charge is 0.252 e. The highest BCUT2D eigenvalue weighted by molar-refractivity contribution is 7.00. The fourth-order valence-electron chi connectivity index (χ4n) is 9.85. The summed E-state index contributed by atoms with van der Waals surface area (Å²) >= 11 is 0. The first-order valence-electron chi connectivity index (χ1n) is 17.9. The molecule has 0 bridgehead atoms. The number of anilines is 5. The highest BCUT2D eigenvalue weighted by atomic mass is 15.3. The van der Waals surface area contributed by atoms with E-state index in [4.69, 9.17) is 0 Å². The Labute approximate surface area is 281 Å². The summed E-state index contributed by atoms with van der Waals surface area (Å²) in [6.45, 7) is 19.5. The fraction of sp³-hybridized carbons (Fsp3) is 0.364. The molecule has 1 saturated carbocycles. The molecule has 5 aromatic rings. The number of nitrogens with zero attached hydrogens (tertiary/aromatic N) is 2. The molecule has 9 rings (SSSR count). The Morgan fingerprint density at radius 2 is 1.32 bits per heavy atom. The summed E-state index contributed by atoms with van der Waals surface area (Å²) < 4.78 is 0. The molecule has 0 spiro atoms. The van der Waals surface area contributed by atoms with Crippen LogP contribution in [0, 0.1) is 0 Å². The van der Waals surface area contributed by atoms with Crippen LogP contribution in [0.25, 0.3) is 10.8 Å². The van der Waals surface area contributed by atoms with Gasteiger partial charge in [0.05, 0.1) is 11.2 Å². The molecule has 2 nitrogen and oxygen atoms in total. The van der Waals surface area contributed by atoms with Crippen molar-refractivity contribution in [3.05, 3.63) is 108 Å². The van der Waals surface area contributed by atoms with Crippen molar-refractivity contribution >= 4 is 62.3 Å². The fourth-order valence-corrected chi connectivity index (χ4v) is 9.85. The highest BCUT2D eigenvalue weighted by Crippen LogP contribution is 2.62. The third-order valence-electron chi connectivity index (χ3n) is 12.7. The molecule has 3 aliphatic heterocycles. The quantitative estimate of drug-likeness (QED) is 0.170. The van der Waals surface area contributed by atoms with Crippen LogP contribution in [0.3, 0.4) is 0 Å². The molecule has 1 aliphatic carbocycles. The van der Waals surface area contributed by atoms with E-state index in [9.17, 15) is 0 Å². The average Bonchev–Trinajstić information content (AvgIpc) is 3.25. The number of hydrogen-bond acceptors (Lipinski definition) is 2. The van der Waals surface area contributed by atoms with Crippen molar-refractivity contribution in [3.8, 4) is 0 Å². The summed E-state index contributed by atoms with van der Waals surface area (Å²) in [5.41, 5.74) is 15.8. The lowest BCUT2D eigenvalue weighted by atomic mass is 9.33. The number of para-hydroxylation sites is 1. The summed E-state index contributed by atoms with van der Waals surface area (Å²) in [4.78, 5) is 5.49. The number of benzene rings is 5. The zero-order chi connectivity index (χ0) is 32.7. The van der Waals surface area contributed by atoms with E-state index in [-0.39, 0.29) is 28.5 Å². The van der Waals surface area contributed by atoms with Gasteiger partial charge >= 0.3 is 0 Å². The first-order valence-corrected chi connectivity index (χ1v) is 17.9. The Bertz CT molecular complexity index is 2130. The van der Waals surface area contributed by atoms with E-state index in [0.717, 1.165) is 0 Å². The van der Waals surface area contributed by atoms with E-state index in [1.165, 1.54) is 92.4 Å². The first-order chi connectivity index (χ1) is 22.3. The molecule has 0 aromatic heterocycles. The summed E-state index contributed by atoms with van der Waals surface area (Å²) in [7, 11) is 0. The molecule has 5 aromatic carbocycles. The van der Waals surface area contributed by atoms with Gasteiger partial charge in [0.15, 0.2) is 0 Å². The molecular formula is C44H47BN2. The van der Waals surface area contributed by atoms with Crippen molar-refractivity contribution in [2.75, 3.05) is 9.80 Å². The lowest BCUT2D eigenvalue weighted by molar-refractivity contribution is 0.195. The van der Waals surface area contributed by atoms with Gasteiger partial charge in [-0.25, -0.2) is 0 Å². The second-order valence-corrected chi connectivity index (χ2v) is 17.4. The van der Waals surface area contributed by atoms with Gasteiger partial charge in [-0.3, -0.25) is 0 Å². The van der Waals surface area contributed by atoms with Gasteiger partial charge in [-0.05, 0) is 93.3 Å². The minimum absolute atomic E-state index is 0.00187. The molecule has 236 valence electrons. The Kier molecular flexibility index (Phi) is 5.80. The van der Waals surface area contributed by atoms with Crippen LogP contribution in [0.4, 0.5) is 28.4 Å². The maximum Gasteiger partial charge on any atom is 0.252 e. The largest absolute Gasteiger partial charge is 0.335 e. The zero-order valence-electron chi connectivity index (χ0n) is 29.5. The van der Waals surface area contributed by atoms with E-state index < -0.39 is 0 Å². The maximum absolute atomic E-state index is 2.86. The standard InChI is InChI=1S/C44H47BN2/c1-41(2,3)29-21-22-36-34(25-29)45-33-19-14-18-32-40(33)47(44(8)24-12-11-23-43(32,44)7)38-27-30(42(4,5)6)26-37(39(38)45)46(36)35-20-13-16-28-15-9-10-17-31(28)35/h9-10,13-22,25-27H,11-12,23-24H2,1-8H3. The van der Waals surface area contributed by atoms with Gasteiger partial charge in [0.1, 0.15) is 0 Å². The van der Waals surface area contributed by atoms with Gasteiger partial charge in [0.2, 0.25) is 0 Å². The molecule has 1 fully saturated rings. The van der Waals surface area contributed by atoms with Crippen LogP contribution < -0.4 is 26.2 Å². The Morgan fingerprint density at radius 3 is 2.11 bits per heavy atom. The highest BCUT2D eigenvalue weighted by Gasteiger charge is 2.61. The maximum atomic E-state index is 2.86. The normalized spacial score (nSPS) is 22.6. The molecule has 0 radical (unpaired) electrons. The van der Waals surface area contributed by atoms with Crippen molar-refractivity contribution in [1.82, 2.24) is 0 Å². The zero-order valence-corrected chi connectivity index (χ0v) is 29.5. The molecule has 2 atom stereocenters. The van der Waals surface area contributed by atoms with Gasteiger partial charge in [-0.1, -0.05) is 128 Å². The van der Waals surface area contributed by atoms with Crippen molar-refractivity contribution in [3.63, 3.8) is 0 Å². The van der Waals surface area contributed by atoms with Crippen molar-refractivity contribution in [1.29, 1.82) is 0 Å². The lowest BCUT2D eigenvalue weighted by Gasteiger charge is -2.53. The predicted molar refractivity (Wildman–Crippen MR) is 203 cm³/mol. The molecule has 0 N–H and O–H groups in total. The molecule has 3 heteroatoms. The van der Waals surface area contributed by atoms with Crippen LogP contribution in [0.5, 0.6) is 0 Å². The first kappa shape index (κ1) is 29.2. The van der Waals surface area contributed by atoms with E-state index in [1.54, 1.807) is 5.56 Å². The minimum Gasteiger partial charge on any atom is -0.335 e. The summed E-state index contributed by atoms with van der Waals surface area (Å²) in [6, 6.07) is 35.6. The molecule has 0 amide bonds. The van der Waals surface area contributed by atoms with Crippen LogP contribution in [0.15, 0.2) is 91.0 Å². The van der Waals surface area contributed by atoms with Crippen LogP contribution >= 0.6 is 0 Å². The molecule has 3 heterocycles. The van der Waals surface area contributed by atoms with E-state index in [0.29, 0.717) is 0 Å². The number of fused-ring (bicyclic) bond motifs is 8. The summed E-state index contributed by atoms with van der Waals surface area (Å²) in [6.07, 6.45) is 5.06. The third-order valence-corrected chi connectivity index (χ3v) is 12.7. The van der Waals surface area contributed by atoms with Crippen LogP contribution in [0.2, 0.25) is 0 Å². The van der Waals surface area contributed by atoms with E-state index >= 15 is 0 Å². The van der Waals surface area contributed by atoms with Gasteiger partial charge < -0.3 is 9.80 Å². The molecular weight excluding hydrogens is 567 g/mol. The van der Waals surface area contributed by atoms with Crippen molar-refractivity contribution < 1.29 is 0 Å². The van der Waals surface area contributed by atoms with E-state index in [1.807, 2.05) is 0 Å².